The Morgan fingerprint density at radius 1 is 1.05 bits per heavy atom. The number of alkyl halides is 6. The van der Waals surface area contributed by atoms with Crippen LogP contribution in [0.1, 0.15) is 41.2 Å². The van der Waals surface area contributed by atoms with Crippen LogP contribution in [0.25, 0.3) is 10.9 Å². The molecule has 10 heteroatoms. The van der Waals surface area contributed by atoms with E-state index in [1.165, 1.54) is 0 Å². The Morgan fingerprint density at radius 3 is 2.48 bits per heavy atom. The summed E-state index contributed by atoms with van der Waals surface area (Å²) in [5.74, 6) is 0.916. The standard InChI is InChI=1S/C30H31F6N2O2/c1-4-18-16-38(17-20-13-21(29(31,32)33)5-7-25(20)30(34,35)36)12-10-19(18)14-27(38)28(40-3)23-9-11-37-26-8-6-22(39-2)15-24(23)26/h4-9,11,13,15,18-19,27-28H,1,10,12,14,16-17H2,2-3H3/q+1/t18?,19?,27?,28-,38?/m0/s1. The number of hydrogen-bond acceptors (Lipinski definition) is 3. The fourth-order valence-corrected chi connectivity index (χ4v) is 6.89. The Morgan fingerprint density at radius 2 is 1.82 bits per heavy atom. The smallest absolute Gasteiger partial charge is 0.416 e. The summed E-state index contributed by atoms with van der Waals surface area (Å²) in [5, 5.41) is 0.796. The number of halogens is 6. The van der Waals surface area contributed by atoms with Gasteiger partial charge in [0.15, 0.2) is 0 Å². The van der Waals surface area contributed by atoms with Crippen LogP contribution in [-0.4, -0.2) is 42.8 Å². The van der Waals surface area contributed by atoms with Gasteiger partial charge in [-0.15, -0.1) is 6.58 Å². The van der Waals surface area contributed by atoms with E-state index in [4.69, 9.17) is 9.47 Å². The fourth-order valence-electron chi connectivity index (χ4n) is 6.89. The highest BCUT2D eigenvalue weighted by atomic mass is 19.4. The van der Waals surface area contributed by atoms with Gasteiger partial charge in [-0.1, -0.05) is 6.08 Å². The third-order valence-electron chi connectivity index (χ3n) is 8.79. The predicted molar refractivity (Wildman–Crippen MR) is 138 cm³/mol. The molecule has 0 N–H and O–H groups in total. The average molecular weight is 566 g/mol. The summed E-state index contributed by atoms with van der Waals surface area (Å²) in [6, 6.07) is 8.75. The summed E-state index contributed by atoms with van der Waals surface area (Å²) in [5.41, 5.74) is -0.956. The highest BCUT2D eigenvalue weighted by molar-refractivity contribution is 5.84. The van der Waals surface area contributed by atoms with Crippen molar-refractivity contribution in [2.45, 2.75) is 43.9 Å². The van der Waals surface area contributed by atoms with E-state index in [1.54, 1.807) is 26.5 Å². The molecule has 2 bridgehead atoms. The normalized spacial score (nSPS) is 25.6. The first-order valence-electron chi connectivity index (χ1n) is 13.1. The lowest BCUT2D eigenvalue weighted by Crippen LogP contribution is -2.67. The molecule has 40 heavy (non-hydrogen) atoms. The molecule has 214 valence electrons. The molecule has 3 aromatic rings. The summed E-state index contributed by atoms with van der Waals surface area (Å²) in [6.45, 7) is 4.76. The van der Waals surface area contributed by atoms with Crippen LogP contribution in [-0.2, 0) is 23.6 Å². The second-order valence-electron chi connectivity index (χ2n) is 10.8. The molecule has 5 atom stereocenters. The highest BCUT2D eigenvalue weighted by Gasteiger charge is 2.55. The van der Waals surface area contributed by atoms with Gasteiger partial charge in [-0.2, -0.15) is 26.3 Å². The lowest BCUT2D eigenvalue weighted by atomic mass is 9.71. The lowest BCUT2D eigenvalue weighted by molar-refractivity contribution is -0.985. The Balaban J connectivity index is 1.65. The molecule has 0 radical (unpaired) electrons. The van der Waals surface area contributed by atoms with Crippen LogP contribution in [0.2, 0.25) is 0 Å². The van der Waals surface area contributed by atoms with E-state index < -0.39 is 29.6 Å². The van der Waals surface area contributed by atoms with E-state index in [0.29, 0.717) is 49.0 Å². The maximum atomic E-state index is 14.1. The minimum absolute atomic E-state index is 0.0388. The molecule has 0 spiro atoms. The molecule has 1 aromatic heterocycles. The molecule has 3 aliphatic heterocycles. The van der Waals surface area contributed by atoms with Crippen molar-refractivity contribution in [1.29, 1.82) is 0 Å². The average Bonchev–Trinajstić information content (AvgIpc) is 2.92. The van der Waals surface area contributed by atoms with Crippen molar-refractivity contribution in [2.75, 3.05) is 27.3 Å². The van der Waals surface area contributed by atoms with Crippen molar-refractivity contribution in [1.82, 2.24) is 4.98 Å². The zero-order valence-corrected chi connectivity index (χ0v) is 22.2. The van der Waals surface area contributed by atoms with E-state index in [9.17, 15) is 26.3 Å². The summed E-state index contributed by atoms with van der Waals surface area (Å²) in [6.07, 6.45) is -5.21. The van der Waals surface area contributed by atoms with Crippen LogP contribution in [0.4, 0.5) is 26.3 Å². The van der Waals surface area contributed by atoms with E-state index in [-0.39, 0.29) is 34.5 Å². The quantitative estimate of drug-likeness (QED) is 0.168. The van der Waals surface area contributed by atoms with E-state index in [0.717, 1.165) is 17.4 Å². The lowest BCUT2D eigenvalue weighted by Gasteiger charge is -2.58. The van der Waals surface area contributed by atoms with Gasteiger partial charge in [0.25, 0.3) is 0 Å². The van der Waals surface area contributed by atoms with Gasteiger partial charge in [-0.05, 0) is 53.9 Å². The predicted octanol–water partition coefficient (Wildman–Crippen LogP) is 7.58. The Bertz CT molecular complexity index is 1410. The summed E-state index contributed by atoms with van der Waals surface area (Å²) < 4.78 is 94.9. The van der Waals surface area contributed by atoms with Crippen molar-refractivity contribution in [2.24, 2.45) is 11.8 Å². The van der Waals surface area contributed by atoms with Crippen LogP contribution in [0.3, 0.4) is 0 Å². The maximum Gasteiger partial charge on any atom is 0.416 e. The Kier molecular flexibility index (Phi) is 7.37. The Hall–Kier alpha value is -3.11. The molecule has 3 saturated heterocycles. The topological polar surface area (TPSA) is 31.4 Å². The van der Waals surface area contributed by atoms with Crippen LogP contribution in [0.5, 0.6) is 5.75 Å². The number of methoxy groups -OCH3 is 2. The fraction of sp³-hybridized carbons (Fsp3) is 0.433. The van der Waals surface area contributed by atoms with Crippen molar-refractivity contribution in [3.8, 4) is 5.75 Å². The zero-order chi connectivity index (χ0) is 28.9. The van der Waals surface area contributed by atoms with Crippen molar-refractivity contribution in [3.05, 3.63) is 83.6 Å². The number of piperidine rings is 3. The maximum absolute atomic E-state index is 14.1. The SMILES string of the molecule is C=CC1C[N+]2(Cc3cc(C(F)(F)F)ccc3C(F)(F)F)CCC1CC2[C@@H](OC)c1ccnc2ccc(OC)cc12. The first kappa shape index (κ1) is 28.4. The van der Waals surface area contributed by atoms with Gasteiger partial charge >= 0.3 is 12.4 Å². The zero-order valence-electron chi connectivity index (χ0n) is 22.2. The van der Waals surface area contributed by atoms with Crippen LogP contribution in [0.15, 0.2) is 61.3 Å². The van der Waals surface area contributed by atoms with Gasteiger partial charge in [-0.3, -0.25) is 4.98 Å². The molecule has 0 aliphatic carbocycles. The van der Waals surface area contributed by atoms with Gasteiger partial charge in [0, 0.05) is 43.0 Å². The van der Waals surface area contributed by atoms with Gasteiger partial charge in [-0.25, -0.2) is 0 Å². The number of rotatable bonds is 7. The molecule has 3 fully saturated rings. The van der Waals surface area contributed by atoms with Gasteiger partial charge < -0.3 is 14.0 Å². The number of hydrogen-bond donors (Lipinski definition) is 0. The second kappa shape index (κ2) is 10.4. The van der Waals surface area contributed by atoms with E-state index in [2.05, 4.69) is 11.6 Å². The van der Waals surface area contributed by atoms with Crippen LogP contribution in [0, 0.1) is 11.8 Å². The van der Waals surface area contributed by atoms with Crippen LogP contribution < -0.4 is 4.74 Å². The molecule has 4 nitrogen and oxygen atoms in total. The molecule has 0 saturated carbocycles. The third kappa shape index (κ3) is 5.07. The molecular formula is C30H31F6N2O2+. The molecule has 3 aliphatic rings. The first-order valence-corrected chi connectivity index (χ1v) is 13.1. The first-order chi connectivity index (χ1) is 18.9. The van der Waals surface area contributed by atoms with Crippen molar-refractivity contribution >= 4 is 10.9 Å². The van der Waals surface area contributed by atoms with Gasteiger partial charge in [0.05, 0.1) is 36.8 Å². The van der Waals surface area contributed by atoms with Gasteiger partial charge in [0.1, 0.15) is 24.4 Å². The molecule has 4 unspecified atom stereocenters. The monoisotopic (exact) mass is 565 g/mol. The molecule has 6 rings (SSSR count). The summed E-state index contributed by atoms with van der Waals surface area (Å²) >= 11 is 0. The minimum Gasteiger partial charge on any atom is -0.497 e. The summed E-state index contributed by atoms with van der Waals surface area (Å²) in [4.78, 5) is 4.45. The second-order valence-corrected chi connectivity index (χ2v) is 10.8. The number of nitrogens with zero attached hydrogens (tertiary/aromatic N) is 2. The molecule has 2 aromatic carbocycles. The number of fused-ring (bicyclic) bond motifs is 4. The number of quaternary nitrogens is 1. The highest BCUT2D eigenvalue weighted by Crippen LogP contribution is 2.50. The summed E-state index contributed by atoms with van der Waals surface area (Å²) in [7, 11) is 3.12. The number of benzene rings is 2. The largest absolute Gasteiger partial charge is 0.497 e. The van der Waals surface area contributed by atoms with E-state index >= 15 is 0 Å². The molecular weight excluding hydrogens is 534 g/mol. The minimum atomic E-state index is -4.79. The Labute approximate surface area is 228 Å². The van der Waals surface area contributed by atoms with Crippen LogP contribution >= 0.6 is 0 Å². The third-order valence-corrected chi connectivity index (χ3v) is 8.79. The number of pyridine rings is 1. The number of aromatic nitrogens is 1. The van der Waals surface area contributed by atoms with Crippen molar-refractivity contribution < 1.29 is 40.3 Å². The molecule has 4 heterocycles. The van der Waals surface area contributed by atoms with Crippen molar-refractivity contribution in [3.63, 3.8) is 0 Å². The number of ether oxygens (including phenoxy) is 2. The van der Waals surface area contributed by atoms with Gasteiger partial charge in [0.2, 0.25) is 0 Å². The molecule has 0 amide bonds. The van der Waals surface area contributed by atoms with E-state index in [1.807, 2.05) is 24.3 Å².